The highest BCUT2D eigenvalue weighted by Gasteiger charge is 2.18. The first-order valence-electron chi connectivity index (χ1n) is 12.2. The van der Waals surface area contributed by atoms with E-state index in [4.69, 9.17) is 9.47 Å². The molecule has 0 radical (unpaired) electrons. The molecule has 0 fully saturated rings. The van der Waals surface area contributed by atoms with Crippen LogP contribution in [0.4, 0.5) is 5.69 Å². The molecule has 0 unspecified atom stereocenters. The Morgan fingerprint density at radius 1 is 0.816 bits per heavy atom. The molecule has 4 rings (SSSR count). The number of carbonyl (C=O) groups is 1. The van der Waals surface area contributed by atoms with Crippen molar-refractivity contribution < 1.29 is 22.7 Å². The topological polar surface area (TPSA) is 84.9 Å². The van der Waals surface area contributed by atoms with Crippen molar-refractivity contribution in [2.45, 2.75) is 13.5 Å². The Kier molecular flexibility index (Phi) is 8.66. The van der Waals surface area contributed by atoms with Gasteiger partial charge >= 0.3 is 0 Å². The molecule has 0 heterocycles. The number of benzene rings is 4. The molecule has 0 saturated carbocycles. The standard InChI is InChI=1S/C30H30N2O5S/c1-23-8-6-7-11-29(23)36-21-20-31-30(33)25-14-12-24(13-15-25)22-32(38(2,34)35)26-16-18-28(19-17-26)37-27-9-4-3-5-10-27/h3-19H,20-22H2,1-2H3,(H,31,33). The lowest BCUT2D eigenvalue weighted by atomic mass is 10.1. The van der Waals surface area contributed by atoms with Gasteiger partial charge in [0.15, 0.2) is 0 Å². The van der Waals surface area contributed by atoms with Gasteiger partial charge in [0.2, 0.25) is 10.0 Å². The number of nitrogens with one attached hydrogen (secondary N) is 1. The number of hydrogen-bond donors (Lipinski definition) is 1. The van der Waals surface area contributed by atoms with E-state index in [-0.39, 0.29) is 12.5 Å². The second-order valence-electron chi connectivity index (χ2n) is 8.75. The molecular formula is C30H30N2O5S. The molecular weight excluding hydrogens is 500 g/mol. The summed E-state index contributed by atoms with van der Waals surface area (Å²) >= 11 is 0. The number of carbonyl (C=O) groups excluding carboxylic acids is 1. The fraction of sp³-hybridized carbons (Fsp3) is 0.167. The maximum Gasteiger partial charge on any atom is 0.251 e. The zero-order valence-corrected chi connectivity index (χ0v) is 22.1. The van der Waals surface area contributed by atoms with Gasteiger partial charge in [0.1, 0.15) is 23.9 Å². The van der Waals surface area contributed by atoms with Crippen LogP contribution in [0.3, 0.4) is 0 Å². The highest BCUT2D eigenvalue weighted by Crippen LogP contribution is 2.26. The molecule has 8 heteroatoms. The number of rotatable bonds is 11. The molecule has 0 aliphatic heterocycles. The summed E-state index contributed by atoms with van der Waals surface area (Å²) in [6.45, 7) is 2.81. The van der Waals surface area contributed by atoms with Crippen molar-refractivity contribution in [3.63, 3.8) is 0 Å². The van der Waals surface area contributed by atoms with Crippen LogP contribution in [0.15, 0.2) is 103 Å². The highest BCUT2D eigenvalue weighted by atomic mass is 32.2. The summed E-state index contributed by atoms with van der Waals surface area (Å²) in [5.41, 5.74) is 2.79. The third-order valence-electron chi connectivity index (χ3n) is 5.79. The molecule has 7 nitrogen and oxygen atoms in total. The van der Waals surface area contributed by atoms with Gasteiger partial charge in [-0.15, -0.1) is 0 Å². The van der Waals surface area contributed by atoms with Crippen molar-refractivity contribution in [1.82, 2.24) is 5.32 Å². The van der Waals surface area contributed by atoms with E-state index in [2.05, 4.69) is 5.32 Å². The molecule has 1 N–H and O–H groups in total. The molecule has 0 atom stereocenters. The predicted octanol–water partition coefficient (Wildman–Crippen LogP) is 5.56. The van der Waals surface area contributed by atoms with Gasteiger partial charge in [-0.05, 0) is 72.6 Å². The Hall–Kier alpha value is -4.30. The van der Waals surface area contributed by atoms with Crippen molar-refractivity contribution in [3.05, 3.63) is 120 Å². The van der Waals surface area contributed by atoms with Gasteiger partial charge in [-0.25, -0.2) is 8.42 Å². The van der Waals surface area contributed by atoms with E-state index in [9.17, 15) is 13.2 Å². The normalized spacial score (nSPS) is 11.0. The Bertz CT molecular complexity index is 1460. The average molecular weight is 531 g/mol. The zero-order valence-electron chi connectivity index (χ0n) is 21.3. The quantitative estimate of drug-likeness (QED) is 0.257. The van der Waals surface area contributed by atoms with Gasteiger partial charge in [0.25, 0.3) is 5.91 Å². The number of aryl methyl sites for hydroxylation is 1. The van der Waals surface area contributed by atoms with Gasteiger partial charge in [-0.2, -0.15) is 0 Å². The maximum absolute atomic E-state index is 12.6. The van der Waals surface area contributed by atoms with Gasteiger partial charge in [0.05, 0.1) is 25.0 Å². The van der Waals surface area contributed by atoms with E-state index in [1.165, 1.54) is 10.6 Å². The van der Waals surface area contributed by atoms with E-state index in [1.807, 2.05) is 61.5 Å². The molecule has 0 aromatic heterocycles. The molecule has 0 spiro atoms. The van der Waals surface area contributed by atoms with Gasteiger partial charge in [-0.3, -0.25) is 9.10 Å². The molecule has 0 aliphatic rings. The minimum absolute atomic E-state index is 0.129. The largest absolute Gasteiger partial charge is 0.491 e. The fourth-order valence-corrected chi connectivity index (χ4v) is 4.67. The monoisotopic (exact) mass is 530 g/mol. The van der Waals surface area contributed by atoms with E-state index in [0.29, 0.717) is 35.9 Å². The number of amides is 1. The van der Waals surface area contributed by atoms with Crippen LogP contribution in [0, 0.1) is 6.92 Å². The number of ether oxygens (including phenoxy) is 2. The maximum atomic E-state index is 12.6. The molecule has 38 heavy (non-hydrogen) atoms. The van der Waals surface area contributed by atoms with Crippen molar-refractivity contribution in [2.24, 2.45) is 0 Å². The van der Waals surface area contributed by atoms with Gasteiger partial charge in [-0.1, -0.05) is 48.5 Å². The number of para-hydroxylation sites is 2. The third-order valence-corrected chi connectivity index (χ3v) is 6.93. The van der Waals surface area contributed by atoms with Crippen LogP contribution in [-0.4, -0.2) is 33.7 Å². The summed E-state index contributed by atoms with van der Waals surface area (Å²) in [6.07, 6.45) is 1.17. The first-order chi connectivity index (χ1) is 18.3. The Morgan fingerprint density at radius 3 is 2.11 bits per heavy atom. The first-order valence-corrected chi connectivity index (χ1v) is 14.0. The smallest absolute Gasteiger partial charge is 0.251 e. The lowest BCUT2D eigenvalue weighted by Gasteiger charge is -2.23. The van der Waals surface area contributed by atoms with Crippen LogP contribution in [-0.2, 0) is 16.6 Å². The van der Waals surface area contributed by atoms with Crippen molar-refractivity contribution in [1.29, 1.82) is 0 Å². The van der Waals surface area contributed by atoms with Crippen molar-refractivity contribution >= 4 is 21.6 Å². The van der Waals surface area contributed by atoms with E-state index < -0.39 is 10.0 Å². The van der Waals surface area contributed by atoms with Crippen molar-refractivity contribution in [2.75, 3.05) is 23.7 Å². The summed E-state index contributed by atoms with van der Waals surface area (Å²) in [7, 11) is -3.56. The molecule has 0 saturated heterocycles. The van der Waals surface area contributed by atoms with Crippen LogP contribution in [0.2, 0.25) is 0 Å². The fourth-order valence-electron chi connectivity index (χ4n) is 3.78. The van der Waals surface area contributed by atoms with Crippen LogP contribution >= 0.6 is 0 Å². The van der Waals surface area contributed by atoms with E-state index >= 15 is 0 Å². The average Bonchev–Trinajstić information content (AvgIpc) is 2.91. The van der Waals surface area contributed by atoms with Crippen LogP contribution in [0.25, 0.3) is 0 Å². The van der Waals surface area contributed by atoms with Gasteiger partial charge < -0.3 is 14.8 Å². The minimum atomic E-state index is -3.56. The van der Waals surface area contributed by atoms with E-state index in [0.717, 1.165) is 16.9 Å². The van der Waals surface area contributed by atoms with Crippen LogP contribution < -0.4 is 19.1 Å². The van der Waals surface area contributed by atoms with Crippen molar-refractivity contribution in [3.8, 4) is 17.2 Å². The minimum Gasteiger partial charge on any atom is -0.491 e. The molecule has 4 aromatic carbocycles. The zero-order chi connectivity index (χ0) is 27.0. The summed E-state index contributed by atoms with van der Waals surface area (Å²) in [4.78, 5) is 12.5. The highest BCUT2D eigenvalue weighted by molar-refractivity contribution is 7.92. The molecule has 4 aromatic rings. The van der Waals surface area contributed by atoms with Gasteiger partial charge in [0, 0.05) is 5.56 Å². The molecule has 0 bridgehead atoms. The Morgan fingerprint density at radius 2 is 1.45 bits per heavy atom. The second kappa shape index (κ2) is 12.3. The molecule has 1 amide bonds. The van der Waals surface area contributed by atoms with E-state index in [1.54, 1.807) is 48.5 Å². The summed E-state index contributed by atoms with van der Waals surface area (Å²) in [6, 6.07) is 30.8. The summed E-state index contributed by atoms with van der Waals surface area (Å²) in [5.74, 6) is 1.87. The number of sulfonamides is 1. The SMILES string of the molecule is Cc1ccccc1OCCNC(=O)c1ccc(CN(c2ccc(Oc3ccccc3)cc2)S(C)(=O)=O)cc1. The Labute approximate surface area is 223 Å². The number of hydrogen-bond acceptors (Lipinski definition) is 5. The van der Waals surface area contributed by atoms with Crippen LogP contribution in [0.1, 0.15) is 21.5 Å². The Balaban J connectivity index is 1.35. The third kappa shape index (κ3) is 7.36. The number of nitrogens with zero attached hydrogens (tertiary/aromatic N) is 1. The van der Waals surface area contributed by atoms with Crippen LogP contribution in [0.5, 0.6) is 17.2 Å². The second-order valence-corrected chi connectivity index (χ2v) is 10.7. The first kappa shape index (κ1) is 26.8. The predicted molar refractivity (Wildman–Crippen MR) is 149 cm³/mol. The lowest BCUT2D eigenvalue weighted by molar-refractivity contribution is 0.0947. The molecule has 196 valence electrons. The molecule has 0 aliphatic carbocycles. The lowest BCUT2D eigenvalue weighted by Crippen LogP contribution is -2.29. The summed E-state index contributed by atoms with van der Waals surface area (Å²) in [5, 5.41) is 2.84. The number of anilines is 1. The summed E-state index contributed by atoms with van der Waals surface area (Å²) < 4.78 is 38.0.